The van der Waals surface area contributed by atoms with Crippen molar-refractivity contribution in [1.29, 1.82) is 0 Å². The summed E-state index contributed by atoms with van der Waals surface area (Å²) in [5.74, 6) is -2.27. The molecule has 0 aromatic heterocycles. The molecule has 0 saturated heterocycles. The molecule has 1 N–H and O–H groups in total. The Labute approximate surface area is 138 Å². The minimum atomic E-state index is -1.01. The van der Waals surface area contributed by atoms with Crippen molar-refractivity contribution in [2.24, 2.45) is 0 Å². The fraction of sp³-hybridized carbons (Fsp3) is 0.118. The number of carbonyl (C=O) groups excluding carboxylic acids is 3. The van der Waals surface area contributed by atoms with E-state index in [0.29, 0.717) is 10.6 Å². The van der Waals surface area contributed by atoms with Gasteiger partial charge in [-0.3, -0.25) is 9.59 Å². The van der Waals surface area contributed by atoms with E-state index in [4.69, 9.17) is 11.6 Å². The summed E-state index contributed by atoms with van der Waals surface area (Å²) in [6.07, 6.45) is 0. The van der Waals surface area contributed by atoms with Gasteiger partial charge in [0, 0.05) is 16.1 Å². The van der Waals surface area contributed by atoms with E-state index >= 15 is 0 Å². The van der Waals surface area contributed by atoms with Crippen LogP contribution in [0.15, 0.2) is 48.5 Å². The van der Waals surface area contributed by atoms with Gasteiger partial charge in [0.25, 0.3) is 0 Å². The van der Waals surface area contributed by atoms with Crippen molar-refractivity contribution in [3.8, 4) is 0 Å². The summed E-state index contributed by atoms with van der Waals surface area (Å²) in [4.78, 5) is 35.8. The number of benzene rings is 2. The van der Waals surface area contributed by atoms with Crippen molar-refractivity contribution < 1.29 is 19.1 Å². The molecule has 6 heteroatoms. The number of nitrogens with one attached hydrogen (secondary N) is 1. The van der Waals surface area contributed by atoms with Crippen LogP contribution >= 0.6 is 11.6 Å². The first-order valence-corrected chi connectivity index (χ1v) is 7.28. The van der Waals surface area contributed by atoms with Crippen LogP contribution in [-0.2, 0) is 14.3 Å². The number of rotatable bonds is 4. The van der Waals surface area contributed by atoms with Gasteiger partial charge in [-0.25, -0.2) is 4.79 Å². The van der Waals surface area contributed by atoms with Crippen molar-refractivity contribution >= 4 is 34.9 Å². The summed E-state index contributed by atoms with van der Waals surface area (Å²) in [5, 5.41) is 2.73. The van der Waals surface area contributed by atoms with E-state index in [9.17, 15) is 14.4 Å². The molecule has 1 amide bonds. The summed E-state index contributed by atoms with van der Waals surface area (Å²) in [6, 6.07) is 13.0. The molecular formula is C17H14ClNO4. The largest absolute Gasteiger partial charge is 0.459 e. The van der Waals surface area contributed by atoms with Gasteiger partial charge in [-0.2, -0.15) is 0 Å². The van der Waals surface area contributed by atoms with E-state index in [0.717, 1.165) is 0 Å². The van der Waals surface area contributed by atoms with Crippen LogP contribution in [0.1, 0.15) is 22.8 Å². The number of halogens is 1. The minimum Gasteiger partial charge on any atom is -0.459 e. The Hall–Kier alpha value is -2.66. The third-order valence-electron chi connectivity index (χ3n) is 2.97. The van der Waals surface area contributed by atoms with E-state index in [2.05, 4.69) is 10.1 Å². The maximum atomic E-state index is 12.6. The molecule has 2 aromatic rings. The second kappa shape index (κ2) is 7.56. The number of anilines is 1. The van der Waals surface area contributed by atoms with Gasteiger partial charge in [-0.1, -0.05) is 41.9 Å². The van der Waals surface area contributed by atoms with Crippen molar-refractivity contribution in [3.05, 3.63) is 64.7 Å². The molecule has 0 bridgehead atoms. The maximum absolute atomic E-state index is 12.6. The average Bonchev–Trinajstić information content (AvgIpc) is 2.56. The lowest BCUT2D eigenvalue weighted by Crippen LogP contribution is -2.26. The van der Waals surface area contributed by atoms with E-state index in [1.807, 2.05) is 0 Å². The van der Waals surface area contributed by atoms with Gasteiger partial charge in [0.1, 0.15) is 0 Å². The Morgan fingerprint density at radius 2 is 1.78 bits per heavy atom. The fourth-order valence-corrected chi connectivity index (χ4v) is 2.10. The fourth-order valence-electron chi connectivity index (χ4n) is 1.93. The second-order valence-corrected chi connectivity index (χ2v) is 5.00. The molecule has 0 fully saturated rings. The van der Waals surface area contributed by atoms with Gasteiger partial charge in [0.2, 0.25) is 0 Å². The highest BCUT2D eigenvalue weighted by atomic mass is 35.5. The second-order valence-electron chi connectivity index (χ2n) is 4.56. The zero-order valence-electron chi connectivity index (χ0n) is 12.3. The quantitative estimate of drug-likeness (QED) is 0.531. The van der Waals surface area contributed by atoms with Crippen molar-refractivity contribution in [2.45, 2.75) is 6.92 Å². The highest BCUT2D eigenvalue weighted by Gasteiger charge is 2.20. The topological polar surface area (TPSA) is 72.5 Å². The van der Waals surface area contributed by atoms with E-state index in [1.54, 1.807) is 37.3 Å². The first-order chi connectivity index (χ1) is 11.0. The summed E-state index contributed by atoms with van der Waals surface area (Å²) in [6.45, 7) is 1.68. The Bertz CT molecular complexity index is 744. The number of ether oxygens (including phenoxy) is 1. The van der Waals surface area contributed by atoms with Crippen LogP contribution in [0.5, 0.6) is 0 Å². The van der Waals surface area contributed by atoms with Crippen LogP contribution in [0.4, 0.5) is 5.69 Å². The third-order valence-corrected chi connectivity index (χ3v) is 3.21. The summed E-state index contributed by atoms with van der Waals surface area (Å²) < 4.78 is 4.62. The molecule has 0 unspecified atom stereocenters. The number of hydrogen-bond acceptors (Lipinski definition) is 4. The summed E-state index contributed by atoms with van der Waals surface area (Å²) in [7, 11) is 0. The highest BCUT2D eigenvalue weighted by Crippen LogP contribution is 2.23. The lowest BCUT2D eigenvalue weighted by Gasteiger charge is -2.10. The average molecular weight is 332 g/mol. The lowest BCUT2D eigenvalue weighted by molar-refractivity contribution is -0.152. The molecule has 0 aliphatic carbocycles. The predicted octanol–water partition coefficient (Wildman–Crippen LogP) is 3.07. The number of amides is 1. The summed E-state index contributed by atoms with van der Waals surface area (Å²) >= 11 is 5.94. The first kappa shape index (κ1) is 16.7. The predicted molar refractivity (Wildman–Crippen MR) is 86.6 cm³/mol. The van der Waals surface area contributed by atoms with Gasteiger partial charge in [-0.05, 0) is 25.1 Å². The normalized spacial score (nSPS) is 10.0. The van der Waals surface area contributed by atoms with Crippen LogP contribution in [-0.4, -0.2) is 24.3 Å². The van der Waals surface area contributed by atoms with Crippen LogP contribution in [0.25, 0.3) is 0 Å². The molecule has 0 spiro atoms. The van der Waals surface area contributed by atoms with Crippen LogP contribution in [0.2, 0.25) is 5.02 Å². The molecule has 0 heterocycles. The van der Waals surface area contributed by atoms with E-state index < -0.39 is 11.9 Å². The van der Waals surface area contributed by atoms with Crippen molar-refractivity contribution in [2.75, 3.05) is 11.9 Å². The number of ketones is 1. The number of esters is 1. The van der Waals surface area contributed by atoms with Gasteiger partial charge >= 0.3 is 11.9 Å². The SMILES string of the molecule is CCOC(=O)C(=O)Nc1ccc(Cl)cc1C(=O)c1ccccc1. The lowest BCUT2D eigenvalue weighted by atomic mass is 10.0. The zero-order chi connectivity index (χ0) is 16.8. The van der Waals surface area contributed by atoms with E-state index in [-0.39, 0.29) is 23.6 Å². The van der Waals surface area contributed by atoms with Gasteiger partial charge in [0.15, 0.2) is 5.78 Å². The van der Waals surface area contributed by atoms with Gasteiger partial charge < -0.3 is 10.1 Å². The molecule has 0 aliphatic heterocycles. The van der Waals surface area contributed by atoms with Crippen molar-refractivity contribution in [1.82, 2.24) is 0 Å². The number of carbonyl (C=O) groups is 3. The Morgan fingerprint density at radius 3 is 2.43 bits per heavy atom. The van der Waals surface area contributed by atoms with Gasteiger partial charge in [0.05, 0.1) is 12.3 Å². The molecule has 2 aromatic carbocycles. The zero-order valence-corrected chi connectivity index (χ0v) is 13.1. The molecule has 2 rings (SSSR count). The van der Waals surface area contributed by atoms with Crippen LogP contribution < -0.4 is 5.32 Å². The summed E-state index contributed by atoms with van der Waals surface area (Å²) in [5.41, 5.74) is 0.837. The molecule has 5 nitrogen and oxygen atoms in total. The van der Waals surface area contributed by atoms with Crippen molar-refractivity contribution in [3.63, 3.8) is 0 Å². The Kier molecular flexibility index (Phi) is 5.49. The standard InChI is InChI=1S/C17H14ClNO4/c1-2-23-17(22)16(21)19-14-9-8-12(18)10-13(14)15(20)11-6-4-3-5-7-11/h3-10H,2H2,1H3,(H,19,21). The van der Waals surface area contributed by atoms with E-state index in [1.165, 1.54) is 18.2 Å². The number of hydrogen-bond donors (Lipinski definition) is 1. The molecule has 118 valence electrons. The minimum absolute atomic E-state index is 0.0860. The first-order valence-electron chi connectivity index (χ1n) is 6.90. The molecular weight excluding hydrogens is 318 g/mol. The maximum Gasteiger partial charge on any atom is 0.397 e. The monoisotopic (exact) mass is 331 g/mol. The smallest absolute Gasteiger partial charge is 0.397 e. The molecule has 0 saturated carbocycles. The Balaban J connectivity index is 2.33. The molecule has 0 aliphatic rings. The highest BCUT2D eigenvalue weighted by molar-refractivity contribution is 6.38. The molecule has 0 atom stereocenters. The third kappa shape index (κ3) is 4.17. The Morgan fingerprint density at radius 1 is 1.09 bits per heavy atom. The molecule has 23 heavy (non-hydrogen) atoms. The molecule has 0 radical (unpaired) electrons. The van der Waals surface area contributed by atoms with Crippen LogP contribution in [0.3, 0.4) is 0 Å². The van der Waals surface area contributed by atoms with Crippen LogP contribution in [0, 0.1) is 0 Å². The van der Waals surface area contributed by atoms with Gasteiger partial charge in [-0.15, -0.1) is 0 Å².